The van der Waals surface area contributed by atoms with Gasteiger partial charge >= 0.3 is 6.03 Å². The molecular weight excluding hydrogens is 256 g/mol. The summed E-state index contributed by atoms with van der Waals surface area (Å²) in [5.41, 5.74) is 0.669. The topological polar surface area (TPSA) is 76.1 Å². The van der Waals surface area contributed by atoms with Crippen LogP contribution in [0.3, 0.4) is 0 Å². The summed E-state index contributed by atoms with van der Waals surface area (Å²) in [6.07, 6.45) is 4.64. The number of nitrogens with one attached hydrogen (secondary N) is 2. The highest BCUT2D eigenvalue weighted by atomic mass is 16.5. The summed E-state index contributed by atoms with van der Waals surface area (Å²) in [5.74, 6) is 1.16. The third-order valence-electron chi connectivity index (χ3n) is 2.29. The maximum Gasteiger partial charge on any atom is 0.324 e. The van der Waals surface area contributed by atoms with E-state index in [2.05, 4.69) is 20.6 Å². The number of hydrogen-bond donors (Lipinski definition) is 2. The van der Waals surface area contributed by atoms with Crippen LogP contribution in [-0.4, -0.2) is 22.1 Å². The molecule has 104 valence electrons. The van der Waals surface area contributed by atoms with Gasteiger partial charge in [-0.1, -0.05) is 0 Å². The van der Waals surface area contributed by atoms with Crippen LogP contribution in [0.5, 0.6) is 5.75 Å². The van der Waals surface area contributed by atoms with Gasteiger partial charge in [-0.05, 0) is 38.1 Å². The first kappa shape index (κ1) is 13.8. The van der Waals surface area contributed by atoms with E-state index in [1.165, 1.54) is 18.6 Å². The summed E-state index contributed by atoms with van der Waals surface area (Å²) in [5, 5.41) is 5.28. The SMILES string of the molecule is CC(C)Oc1ccc(NC(=O)Nc2cnccn2)cc1. The lowest BCUT2D eigenvalue weighted by atomic mass is 10.3. The molecule has 0 aliphatic heterocycles. The lowest BCUT2D eigenvalue weighted by Gasteiger charge is -2.10. The number of nitrogens with zero attached hydrogens (tertiary/aromatic N) is 2. The molecule has 0 spiro atoms. The normalized spacial score (nSPS) is 10.2. The Morgan fingerprint density at radius 1 is 1.15 bits per heavy atom. The Labute approximate surface area is 117 Å². The Hall–Kier alpha value is -2.63. The van der Waals surface area contributed by atoms with Gasteiger partial charge in [0.2, 0.25) is 0 Å². The van der Waals surface area contributed by atoms with Crippen LogP contribution in [0.25, 0.3) is 0 Å². The predicted molar refractivity (Wildman–Crippen MR) is 76.9 cm³/mol. The van der Waals surface area contributed by atoms with Crippen molar-refractivity contribution < 1.29 is 9.53 Å². The minimum atomic E-state index is -0.372. The fourth-order valence-electron chi connectivity index (χ4n) is 1.53. The van der Waals surface area contributed by atoms with Gasteiger partial charge in [0.1, 0.15) is 5.75 Å². The van der Waals surface area contributed by atoms with Crippen LogP contribution >= 0.6 is 0 Å². The molecular formula is C14H16N4O2. The molecule has 0 atom stereocenters. The third kappa shape index (κ3) is 4.24. The van der Waals surface area contributed by atoms with Gasteiger partial charge in [-0.25, -0.2) is 9.78 Å². The molecule has 0 bridgehead atoms. The van der Waals surface area contributed by atoms with Crippen LogP contribution in [0.1, 0.15) is 13.8 Å². The molecule has 6 nitrogen and oxygen atoms in total. The Morgan fingerprint density at radius 2 is 1.90 bits per heavy atom. The van der Waals surface area contributed by atoms with Crippen molar-refractivity contribution in [3.05, 3.63) is 42.9 Å². The number of amides is 2. The van der Waals surface area contributed by atoms with Gasteiger partial charge in [0.25, 0.3) is 0 Å². The highest BCUT2D eigenvalue weighted by Gasteiger charge is 2.04. The van der Waals surface area contributed by atoms with E-state index in [4.69, 9.17) is 4.74 Å². The largest absolute Gasteiger partial charge is 0.491 e. The van der Waals surface area contributed by atoms with Gasteiger partial charge in [-0.2, -0.15) is 0 Å². The minimum Gasteiger partial charge on any atom is -0.491 e. The van der Waals surface area contributed by atoms with E-state index in [1.54, 1.807) is 24.3 Å². The fourth-order valence-corrected chi connectivity index (χ4v) is 1.53. The number of rotatable bonds is 4. The van der Waals surface area contributed by atoms with E-state index < -0.39 is 0 Å². The number of aromatic nitrogens is 2. The monoisotopic (exact) mass is 272 g/mol. The van der Waals surface area contributed by atoms with Gasteiger partial charge in [0.05, 0.1) is 12.3 Å². The average molecular weight is 272 g/mol. The summed E-state index contributed by atoms with van der Waals surface area (Å²) in [6, 6.07) is 6.78. The van der Waals surface area contributed by atoms with Crippen molar-refractivity contribution in [2.45, 2.75) is 20.0 Å². The number of carbonyl (C=O) groups is 1. The van der Waals surface area contributed by atoms with E-state index in [0.29, 0.717) is 11.5 Å². The van der Waals surface area contributed by atoms with Crippen molar-refractivity contribution in [3.63, 3.8) is 0 Å². The fraction of sp³-hybridized carbons (Fsp3) is 0.214. The zero-order chi connectivity index (χ0) is 14.4. The molecule has 0 saturated carbocycles. The summed E-state index contributed by atoms with van der Waals surface area (Å²) in [7, 11) is 0. The molecule has 2 amide bonds. The zero-order valence-corrected chi connectivity index (χ0v) is 11.3. The van der Waals surface area contributed by atoms with E-state index in [-0.39, 0.29) is 12.1 Å². The van der Waals surface area contributed by atoms with Crippen molar-refractivity contribution >= 4 is 17.5 Å². The van der Waals surface area contributed by atoms with Crippen molar-refractivity contribution in [1.29, 1.82) is 0 Å². The quantitative estimate of drug-likeness (QED) is 0.897. The number of urea groups is 1. The van der Waals surface area contributed by atoms with Crippen molar-refractivity contribution in [3.8, 4) is 5.75 Å². The Balaban J connectivity index is 1.91. The van der Waals surface area contributed by atoms with Crippen LogP contribution < -0.4 is 15.4 Å². The smallest absolute Gasteiger partial charge is 0.324 e. The van der Waals surface area contributed by atoms with Gasteiger partial charge in [0, 0.05) is 18.1 Å². The van der Waals surface area contributed by atoms with Crippen LogP contribution in [0.2, 0.25) is 0 Å². The van der Waals surface area contributed by atoms with Gasteiger partial charge < -0.3 is 10.1 Å². The highest BCUT2D eigenvalue weighted by molar-refractivity contribution is 5.99. The molecule has 0 unspecified atom stereocenters. The summed E-state index contributed by atoms with van der Waals surface area (Å²) in [6.45, 7) is 3.92. The molecule has 0 radical (unpaired) electrons. The number of ether oxygens (including phenoxy) is 1. The van der Waals surface area contributed by atoms with Gasteiger partial charge in [-0.3, -0.25) is 10.3 Å². The molecule has 0 aliphatic rings. The molecule has 0 aliphatic carbocycles. The molecule has 2 N–H and O–H groups in total. The van der Waals surface area contributed by atoms with Crippen LogP contribution in [0.15, 0.2) is 42.9 Å². The van der Waals surface area contributed by atoms with E-state index in [0.717, 1.165) is 5.75 Å². The van der Waals surface area contributed by atoms with E-state index in [9.17, 15) is 4.79 Å². The first-order valence-electron chi connectivity index (χ1n) is 6.24. The van der Waals surface area contributed by atoms with Crippen molar-refractivity contribution in [2.24, 2.45) is 0 Å². The lowest BCUT2D eigenvalue weighted by Crippen LogP contribution is -2.20. The molecule has 1 aromatic carbocycles. The molecule has 2 aromatic rings. The Bertz CT molecular complexity index is 555. The average Bonchev–Trinajstić information content (AvgIpc) is 2.41. The number of carbonyl (C=O) groups excluding carboxylic acids is 1. The first-order chi connectivity index (χ1) is 9.63. The van der Waals surface area contributed by atoms with E-state index in [1.807, 2.05) is 13.8 Å². The minimum absolute atomic E-state index is 0.119. The third-order valence-corrected chi connectivity index (χ3v) is 2.29. The first-order valence-corrected chi connectivity index (χ1v) is 6.24. The van der Waals surface area contributed by atoms with Crippen molar-refractivity contribution in [2.75, 3.05) is 10.6 Å². The second-order valence-electron chi connectivity index (χ2n) is 4.36. The summed E-state index contributed by atoms with van der Waals surface area (Å²) >= 11 is 0. The molecule has 20 heavy (non-hydrogen) atoms. The number of benzene rings is 1. The lowest BCUT2D eigenvalue weighted by molar-refractivity contribution is 0.242. The number of hydrogen-bond acceptors (Lipinski definition) is 4. The molecule has 0 saturated heterocycles. The second kappa shape index (κ2) is 6.51. The van der Waals surface area contributed by atoms with Crippen molar-refractivity contribution in [1.82, 2.24) is 9.97 Å². The maximum absolute atomic E-state index is 11.7. The van der Waals surface area contributed by atoms with Crippen LogP contribution in [0, 0.1) is 0 Å². The Kier molecular flexibility index (Phi) is 4.49. The van der Waals surface area contributed by atoms with E-state index >= 15 is 0 Å². The second-order valence-corrected chi connectivity index (χ2v) is 4.36. The predicted octanol–water partition coefficient (Wildman–Crippen LogP) is 2.91. The van der Waals surface area contributed by atoms with Gasteiger partial charge in [0.15, 0.2) is 5.82 Å². The van der Waals surface area contributed by atoms with Crippen LogP contribution in [-0.2, 0) is 0 Å². The van der Waals surface area contributed by atoms with Gasteiger partial charge in [-0.15, -0.1) is 0 Å². The highest BCUT2D eigenvalue weighted by Crippen LogP contribution is 2.17. The molecule has 1 heterocycles. The summed E-state index contributed by atoms with van der Waals surface area (Å²) < 4.78 is 5.52. The molecule has 1 aromatic heterocycles. The maximum atomic E-state index is 11.7. The van der Waals surface area contributed by atoms with Crippen LogP contribution in [0.4, 0.5) is 16.3 Å². The summed E-state index contributed by atoms with van der Waals surface area (Å²) in [4.78, 5) is 19.5. The standard InChI is InChI=1S/C14H16N4O2/c1-10(2)20-12-5-3-11(4-6-12)17-14(19)18-13-9-15-7-8-16-13/h3-10H,1-2H3,(H2,16,17,18,19). The Morgan fingerprint density at radius 3 is 2.50 bits per heavy atom. The molecule has 2 rings (SSSR count). The molecule has 0 fully saturated rings. The zero-order valence-electron chi connectivity index (χ0n) is 11.3. The molecule has 6 heteroatoms. The number of anilines is 2.